The standard InChI is InChI=1S/C17H16N2O2S/c1-12-4-6-13(7-5-12)9-14-10-18-16(22-14)11-19-17(20)15-3-2-8-21-15/h2-8,10H,9,11H2,1H3,(H,19,20). The average Bonchev–Trinajstić information content (AvgIpc) is 3.19. The summed E-state index contributed by atoms with van der Waals surface area (Å²) < 4.78 is 5.05. The summed E-state index contributed by atoms with van der Waals surface area (Å²) in [6.45, 7) is 2.49. The van der Waals surface area contributed by atoms with Crippen molar-refractivity contribution in [1.29, 1.82) is 0 Å². The summed E-state index contributed by atoms with van der Waals surface area (Å²) in [7, 11) is 0. The molecule has 1 aromatic carbocycles. The average molecular weight is 312 g/mol. The number of nitrogens with zero attached hydrogens (tertiary/aromatic N) is 1. The molecular weight excluding hydrogens is 296 g/mol. The third-order valence-corrected chi connectivity index (χ3v) is 4.24. The monoisotopic (exact) mass is 312 g/mol. The maximum atomic E-state index is 11.8. The Kier molecular flexibility index (Phi) is 4.34. The van der Waals surface area contributed by atoms with Gasteiger partial charge in [-0.2, -0.15) is 0 Å². The van der Waals surface area contributed by atoms with E-state index in [1.807, 2.05) is 6.20 Å². The minimum Gasteiger partial charge on any atom is -0.459 e. The van der Waals surface area contributed by atoms with Gasteiger partial charge in [0.2, 0.25) is 0 Å². The molecule has 0 unspecified atom stereocenters. The second-order valence-electron chi connectivity index (χ2n) is 5.04. The van der Waals surface area contributed by atoms with Crippen LogP contribution in [-0.4, -0.2) is 10.9 Å². The van der Waals surface area contributed by atoms with Crippen LogP contribution in [-0.2, 0) is 13.0 Å². The number of rotatable bonds is 5. The molecule has 1 amide bonds. The summed E-state index contributed by atoms with van der Waals surface area (Å²) >= 11 is 1.61. The summed E-state index contributed by atoms with van der Waals surface area (Å²) in [5.41, 5.74) is 2.52. The van der Waals surface area contributed by atoms with Crippen LogP contribution >= 0.6 is 11.3 Å². The second-order valence-corrected chi connectivity index (χ2v) is 6.24. The smallest absolute Gasteiger partial charge is 0.287 e. The van der Waals surface area contributed by atoms with Crippen molar-refractivity contribution >= 4 is 17.2 Å². The van der Waals surface area contributed by atoms with Crippen LogP contribution in [0.2, 0.25) is 0 Å². The molecular formula is C17H16N2O2S. The van der Waals surface area contributed by atoms with Gasteiger partial charge in [-0.3, -0.25) is 4.79 Å². The molecule has 3 rings (SSSR count). The zero-order valence-corrected chi connectivity index (χ0v) is 13.0. The third-order valence-electron chi connectivity index (χ3n) is 3.25. The molecule has 112 valence electrons. The fraction of sp³-hybridized carbons (Fsp3) is 0.176. The maximum Gasteiger partial charge on any atom is 0.287 e. The third kappa shape index (κ3) is 3.62. The Morgan fingerprint density at radius 1 is 1.27 bits per heavy atom. The van der Waals surface area contributed by atoms with Crippen molar-refractivity contribution in [2.75, 3.05) is 0 Å². The lowest BCUT2D eigenvalue weighted by Crippen LogP contribution is -2.22. The molecule has 1 N–H and O–H groups in total. The van der Waals surface area contributed by atoms with Crippen molar-refractivity contribution in [3.63, 3.8) is 0 Å². The summed E-state index contributed by atoms with van der Waals surface area (Å²) in [5, 5.41) is 3.69. The molecule has 2 heterocycles. The van der Waals surface area contributed by atoms with E-state index in [9.17, 15) is 4.79 Å². The highest BCUT2D eigenvalue weighted by Gasteiger charge is 2.09. The van der Waals surface area contributed by atoms with E-state index in [1.165, 1.54) is 22.3 Å². The van der Waals surface area contributed by atoms with Gasteiger partial charge >= 0.3 is 0 Å². The first-order chi connectivity index (χ1) is 10.7. The van der Waals surface area contributed by atoms with Gasteiger partial charge in [-0.25, -0.2) is 4.98 Å². The van der Waals surface area contributed by atoms with Crippen molar-refractivity contribution in [2.45, 2.75) is 19.9 Å². The molecule has 2 aromatic heterocycles. The van der Waals surface area contributed by atoms with E-state index in [1.54, 1.807) is 23.5 Å². The van der Waals surface area contributed by atoms with Gasteiger partial charge in [0.05, 0.1) is 12.8 Å². The van der Waals surface area contributed by atoms with Crippen molar-refractivity contribution in [1.82, 2.24) is 10.3 Å². The van der Waals surface area contributed by atoms with E-state index in [0.29, 0.717) is 12.3 Å². The SMILES string of the molecule is Cc1ccc(Cc2cnc(CNC(=O)c3ccco3)s2)cc1. The van der Waals surface area contributed by atoms with Crippen molar-refractivity contribution < 1.29 is 9.21 Å². The lowest BCUT2D eigenvalue weighted by Gasteiger charge is -2.00. The van der Waals surface area contributed by atoms with Crippen LogP contribution in [0, 0.1) is 6.92 Å². The largest absolute Gasteiger partial charge is 0.459 e. The van der Waals surface area contributed by atoms with Crippen LogP contribution in [0.3, 0.4) is 0 Å². The van der Waals surface area contributed by atoms with E-state index in [-0.39, 0.29) is 5.91 Å². The van der Waals surface area contributed by atoms with Gasteiger partial charge in [-0.1, -0.05) is 29.8 Å². The Hall–Kier alpha value is -2.40. The van der Waals surface area contributed by atoms with Gasteiger partial charge in [-0.15, -0.1) is 11.3 Å². The molecule has 0 fully saturated rings. The number of carbonyl (C=O) groups is 1. The highest BCUT2D eigenvalue weighted by molar-refractivity contribution is 7.11. The van der Waals surface area contributed by atoms with Gasteiger partial charge < -0.3 is 9.73 Å². The number of aryl methyl sites for hydroxylation is 1. The lowest BCUT2D eigenvalue weighted by atomic mass is 10.1. The van der Waals surface area contributed by atoms with Crippen LogP contribution in [0.15, 0.2) is 53.3 Å². The summed E-state index contributed by atoms with van der Waals surface area (Å²) in [6, 6.07) is 11.8. The fourth-order valence-electron chi connectivity index (χ4n) is 2.07. The topological polar surface area (TPSA) is 55.1 Å². The predicted octanol–water partition coefficient (Wildman–Crippen LogP) is 3.57. The van der Waals surface area contributed by atoms with Gasteiger partial charge in [0.1, 0.15) is 5.01 Å². The van der Waals surface area contributed by atoms with Crippen LogP contribution in [0.25, 0.3) is 0 Å². The van der Waals surface area contributed by atoms with Crippen molar-refractivity contribution in [3.05, 3.63) is 75.6 Å². The number of hydrogen-bond donors (Lipinski definition) is 1. The zero-order valence-electron chi connectivity index (χ0n) is 12.2. The quantitative estimate of drug-likeness (QED) is 0.783. The molecule has 3 aromatic rings. The molecule has 0 saturated heterocycles. The molecule has 0 atom stereocenters. The predicted molar refractivity (Wildman–Crippen MR) is 86.0 cm³/mol. The molecule has 0 spiro atoms. The Morgan fingerprint density at radius 2 is 2.09 bits per heavy atom. The molecule has 0 saturated carbocycles. The van der Waals surface area contributed by atoms with E-state index < -0.39 is 0 Å². The zero-order chi connectivity index (χ0) is 15.4. The number of benzene rings is 1. The lowest BCUT2D eigenvalue weighted by molar-refractivity contribution is 0.0923. The van der Waals surface area contributed by atoms with Gasteiger partial charge in [0, 0.05) is 17.5 Å². The summed E-state index contributed by atoms with van der Waals surface area (Å²) in [6.07, 6.45) is 4.22. The highest BCUT2D eigenvalue weighted by atomic mass is 32.1. The van der Waals surface area contributed by atoms with Crippen LogP contribution in [0.5, 0.6) is 0 Å². The number of carbonyl (C=O) groups excluding carboxylic acids is 1. The second kappa shape index (κ2) is 6.58. The first kappa shape index (κ1) is 14.5. The summed E-state index contributed by atoms with van der Waals surface area (Å²) in [5.74, 6) is 0.0942. The number of amides is 1. The van der Waals surface area contributed by atoms with E-state index in [4.69, 9.17) is 4.42 Å². The maximum absolute atomic E-state index is 11.8. The molecule has 0 bridgehead atoms. The van der Waals surface area contributed by atoms with Gasteiger partial charge in [0.15, 0.2) is 5.76 Å². The number of furan rings is 1. The Bertz CT molecular complexity index is 745. The van der Waals surface area contributed by atoms with Crippen molar-refractivity contribution in [3.8, 4) is 0 Å². The molecule has 0 radical (unpaired) electrons. The molecule has 0 aliphatic rings. The molecule has 4 nitrogen and oxygen atoms in total. The minimum atomic E-state index is -0.222. The number of hydrogen-bond acceptors (Lipinski definition) is 4. The number of thiazole rings is 1. The Balaban J connectivity index is 1.57. The van der Waals surface area contributed by atoms with Crippen LogP contribution < -0.4 is 5.32 Å². The van der Waals surface area contributed by atoms with Crippen LogP contribution in [0.1, 0.15) is 31.6 Å². The minimum absolute atomic E-state index is 0.222. The fourth-order valence-corrected chi connectivity index (χ4v) is 2.97. The molecule has 5 heteroatoms. The molecule has 0 aliphatic heterocycles. The molecule has 22 heavy (non-hydrogen) atoms. The van der Waals surface area contributed by atoms with E-state index >= 15 is 0 Å². The van der Waals surface area contributed by atoms with E-state index in [2.05, 4.69) is 41.5 Å². The number of nitrogens with one attached hydrogen (secondary N) is 1. The molecule has 0 aliphatic carbocycles. The highest BCUT2D eigenvalue weighted by Crippen LogP contribution is 2.17. The first-order valence-electron chi connectivity index (χ1n) is 7.01. The van der Waals surface area contributed by atoms with Crippen LogP contribution in [0.4, 0.5) is 0 Å². The Labute approximate surface area is 132 Å². The first-order valence-corrected chi connectivity index (χ1v) is 7.83. The van der Waals surface area contributed by atoms with Gasteiger partial charge in [0.25, 0.3) is 5.91 Å². The van der Waals surface area contributed by atoms with Crippen molar-refractivity contribution in [2.24, 2.45) is 0 Å². The normalized spacial score (nSPS) is 10.6. The Morgan fingerprint density at radius 3 is 2.82 bits per heavy atom. The number of aromatic nitrogens is 1. The summed E-state index contributed by atoms with van der Waals surface area (Å²) in [4.78, 5) is 17.3. The van der Waals surface area contributed by atoms with E-state index in [0.717, 1.165) is 11.4 Å². The van der Waals surface area contributed by atoms with Gasteiger partial charge in [-0.05, 0) is 24.6 Å².